The van der Waals surface area contributed by atoms with Crippen molar-refractivity contribution in [3.05, 3.63) is 23.8 Å². The van der Waals surface area contributed by atoms with Gasteiger partial charge in [0.25, 0.3) is 0 Å². The van der Waals surface area contributed by atoms with Gasteiger partial charge in [0.15, 0.2) is 0 Å². The second-order valence-corrected chi connectivity index (χ2v) is 2.81. The number of esters is 1. The van der Waals surface area contributed by atoms with Gasteiger partial charge in [0.05, 0.1) is 0 Å². The van der Waals surface area contributed by atoms with Crippen LogP contribution in [-0.4, -0.2) is 22.2 Å². The molecule has 80 valence electrons. The lowest BCUT2D eigenvalue weighted by Gasteiger charge is -2.04. The highest BCUT2D eigenvalue weighted by atomic mass is 16.5. The number of carboxylic acids is 1. The topological polar surface area (TPSA) is 83.8 Å². The van der Waals surface area contributed by atoms with Gasteiger partial charge >= 0.3 is 11.9 Å². The van der Waals surface area contributed by atoms with E-state index < -0.39 is 17.7 Å². The standard InChI is InChI=1S/C10H10O5/c1-2-9(12)15-6-3-4-7(10(13)14)8(11)5-6/h3-5,11H,2H2,1H3,(H,13,14). The molecule has 5 nitrogen and oxygen atoms in total. The molecule has 0 aliphatic rings. The summed E-state index contributed by atoms with van der Waals surface area (Å²) in [6, 6.07) is 3.59. The van der Waals surface area contributed by atoms with Gasteiger partial charge in [0, 0.05) is 12.5 Å². The van der Waals surface area contributed by atoms with E-state index in [0.717, 1.165) is 6.07 Å². The summed E-state index contributed by atoms with van der Waals surface area (Å²) in [6.45, 7) is 1.63. The first-order chi connectivity index (χ1) is 7.04. The van der Waals surface area contributed by atoms with Crippen LogP contribution in [0.3, 0.4) is 0 Å². The Bertz CT molecular complexity index is 397. The molecule has 0 aliphatic heterocycles. The van der Waals surface area contributed by atoms with Gasteiger partial charge in [-0.25, -0.2) is 4.79 Å². The zero-order valence-electron chi connectivity index (χ0n) is 8.06. The number of aromatic carboxylic acids is 1. The molecule has 0 saturated carbocycles. The largest absolute Gasteiger partial charge is 0.507 e. The van der Waals surface area contributed by atoms with Crippen LogP contribution in [0.5, 0.6) is 11.5 Å². The molecule has 2 N–H and O–H groups in total. The fourth-order valence-corrected chi connectivity index (χ4v) is 0.959. The third kappa shape index (κ3) is 2.70. The van der Waals surface area contributed by atoms with Crippen molar-refractivity contribution in [2.45, 2.75) is 13.3 Å². The molecule has 0 radical (unpaired) electrons. The van der Waals surface area contributed by atoms with Crippen molar-refractivity contribution in [2.75, 3.05) is 0 Å². The second-order valence-electron chi connectivity index (χ2n) is 2.81. The van der Waals surface area contributed by atoms with Crippen LogP contribution in [0.2, 0.25) is 0 Å². The van der Waals surface area contributed by atoms with Gasteiger partial charge in [0.1, 0.15) is 17.1 Å². The predicted octanol–water partition coefficient (Wildman–Crippen LogP) is 1.41. The molecular weight excluding hydrogens is 200 g/mol. The Balaban J connectivity index is 2.91. The maximum absolute atomic E-state index is 10.9. The van der Waals surface area contributed by atoms with Gasteiger partial charge < -0.3 is 14.9 Å². The highest BCUT2D eigenvalue weighted by molar-refractivity contribution is 5.91. The van der Waals surface area contributed by atoms with E-state index in [1.165, 1.54) is 12.1 Å². The molecule has 0 unspecified atom stereocenters. The number of carbonyl (C=O) groups is 2. The predicted molar refractivity (Wildman–Crippen MR) is 51.0 cm³/mol. The summed E-state index contributed by atoms with van der Waals surface area (Å²) in [5.74, 6) is -1.98. The number of phenols is 1. The minimum Gasteiger partial charge on any atom is -0.507 e. The van der Waals surface area contributed by atoms with Crippen molar-refractivity contribution in [1.82, 2.24) is 0 Å². The Hall–Kier alpha value is -2.04. The summed E-state index contributed by atoms with van der Waals surface area (Å²) in [5.41, 5.74) is -0.230. The van der Waals surface area contributed by atoms with Gasteiger partial charge in [-0.3, -0.25) is 4.79 Å². The third-order valence-electron chi connectivity index (χ3n) is 1.72. The lowest BCUT2D eigenvalue weighted by atomic mass is 10.2. The molecule has 0 aromatic heterocycles. The number of carboxylic acid groups (broad SMARTS) is 1. The van der Waals surface area contributed by atoms with E-state index in [9.17, 15) is 14.7 Å². The van der Waals surface area contributed by atoms with Crippen molar-refractivity contribution >= 4 is 11.9 Å². The molecule has 0 atom stereocenters. The lowest BCUT2D eigenvalue weighted by molar-refractivity contribution is -0.134. The summed E-state index contributed by atoms with van der Waals surface area (Å²) < 4.78 is 4.79. The average Bonchev–Trinajstić information content (AvgIpc) is 2.17. The molecule has 0 bridgehead atoms. The second kappa shape index (κ2) is 4.45. The average molecular weight is 210 g/mol. The monoisotopic (exact) mass is 210 g/mol. The molecule has 0 spiro atoms. The Kier molecular flexibility index (Phi) is 3.28. The molecule has 1 aromatic rings. The normalized spacial score (nSPS) is 9.67. The zero-order valence-corrected chi connectivity index (χ0v) is 8.06. The third-order valence-corrected chi connectivity index (χ3v) is 1.72. The lowest BCUT2D eigenvalue weighted by Crippen LogP contribution is -2.06. The molecule has 1 aromatic carbocycles. The van der Waals surface area contributed by atoms with E-state index >= 15 is 0 Å². The summed E-state index contributed by atoms with van der Waals surface area (Å²) in [6.07, 6.45) is 0.210. The van der Waals surface area contributed by atoms with Gasteiger partial charge in [-0.05, 0) is 12.1 Å². The van der Waals surface area contributed by atoms with E-state index in [1.54, 1.807) is 6.92 Å². The van der Waals surface area contributed by atoms with E-state index in [-0.39, 0.29) is 17.7 Å². The summed E-state index contributed by atoms with van der Waals surface area (Å²) in [5, 5.41) is 17.9. The minimum atomic E-state index is -1.24. The van der Waals surface area contributed by atoms with Crippen molar-refractivity contribution in [3.63, 3.8) is 0 Å². The highest BCUT2D eigenvalue weighted by Gasteiger charge is 2.11. The number of benzene rings is 1. The number of hydrogen-bond donors (Lipinski definition) is 2. The Morgan fingerprint density at radius 1 is 1.40 bits per heavy atom. The molecule has 0 saturated heterocycles. The highest BCUT2D eigenvalue weighted by Crippen LogP contribution is 2.23. The summed E-state index contributed by atoms with van der Waals surface area (Å²) in [4.78, 5) is 21.4. The van der Waals surface area contributed by atoms with Crippen LogP contribution < -0.4 is 4.74 Å². The van der Waals surface area contributed by atoms with Gasteiger partial charge in [-0.2, -0.15) is 0 Å². The SMILES string of the molecule is CCC(=O)Oc1ccc(C(=O)O)c(O)c1. The van der Waals surface area contributed by atoms with Gasteiger partial charge in [0.2, 0.25) is 0 Å². The maximum Gasteiger partial charge on any atom is 0.339 e. The van der Waals surface area contributed by atoms with Crippen LogP contribution in [0.4, 0.5) is 0 Å². The van der Waals surface area contributed by atoms with E-state index in [2.05, 4.69) is 0 Å². The number of aromatic hydroxyl groups is 1. The Morgan fingerprint density at radius 2 is 2.07 bits per heavy atom. The molecule has 0 fully saturated rings. The molecule has 0 amide bonds. The van der Waals surface area contributed by atoms with Crippen molar-refractivity contribution < 1.29 is 24.5 Å². The quantitative estimate of drug-likeness (QED) is 0.582. The first-order valence-electron chi connectivity index (χ1n) is 4.31. The Labute approximate surface area is 85.9 Å². The summed E-state index contributed by atoms with van der Waals surface area (Å²) in [7, 11) is 0. The molecule has 0 aliphatic carbocycles. The van der Waals surface area contributed by atoms with Crippen molar-refractivity contribution in [2.24, 2.45) is 0 Å². The Morgan fingerprint density at radius 3 is 2.53 bits per heavy atom. The molecule has 15 heavy (non-hydrogen) atoms. The van der Waals surface area contributed by atoms with E-state index in [0.29, 0.717) is 0 Å². The maximum atomic E-state index is 10.9. The fraction of sp³-hybridized carbons (Fsp3) is 0.200. The van der Waals surface area contributed by atoms with E-state index in [1.807, 2.05) is 0 Å². The van der Waals surface area contributed by atoms with Crippen LogP contribution in [0.15, 0.2) is 18.2 Å². The molecule has 1 rings (SSSR count). The van der Waals surface area contributed by atoms with Crippen LogP contribution in [0.25, 0.3) is 0 Å². The molecule has 0 heterocycles. The number of hydrogen-bond acceptors (Lipinski definition) is 4. The smallest absolute Gasteiger partial charge is 0.339 e. The van der Waals surface area contributed by atoms with Crippen LogP contribution in [-0.2, 0) is 4.79 Å². The fourth-order valence-electron chi connectivity index (χ4n) is 0.959. The van der Waals surface area contributed by atoms with Crippen LogP contribution in [0, 0.1) is 0 Å². The van der Waals surface area contributed by atoms with E-state index in [4.69, 9.17) is 9.84 Å². The van der Waals surface area contributed by atoms with Gasteiger partial charge in [-0.15, -0.1) is 0 Å². The van der Waals surface area contributed by atoms with Crippen molar-refractivity contribution in [3.8, 4) is 11.5 Å². The molecular formula is C10H10O5. The summed E-state index contributed by atoms with van der Waals surface area (Å²) >= 11 is 0. The van der Waals surface area contributed by atoms with Crippen molar-refractivity contribution in [1.29, 1.82) is 0 Å². The van der Waals surface area contributed by atoms with Crippen LogP contribution >= 0.6 is 0 Å². The van der Waals surface area contributed by atoms with Gasteiger partial charge in [-0.1, -0.05) is 6.92 Å². The zero-order chi connectivity index (χ0) is 11.4. The molecule has 5 heteroatoms. The number of rotatable bonds is 3. The number of ether oxygens (including phenoxy) is 1. The van der Waals surface area contributed by atoms with Crippen LogP contribution in [0.1, 0.15) is 23.7 Å². The first kappa shape index (κ1) is 11.0. The first-order valence-corrected chi connectivity index (χ1v) is 4.31. The minimum absolute atomic E-state index is 0.129. The number of carbonyl (C=O) groups excluding carboxylic acids is 1.